The molecule has 0 amide bonds. The van der Waals surface area contributed by atoms with Crippen LogP contribution in [0.4, 0.5) is 0 Å². The molecule has 7 heteroatoms. The molecule has 4 atom stereocenters. The van der Waals surface area contributed by atoms with Crippen molar-refractivity contribution in [2.24, 2.45) is 0 Å². The van der Waals surface area contributed by atoms with Gasteiger partial charge in [0.1, 0.15) is 10.5 Å². The van der Waals surface area contributed by atoms with Crippen LogP contribution in [-0.4, -0.2) is 41.2 Å². The molecule has 5 nitrogen and oxygen atoms in total. The second-order valence-corrected chi connectivity index (χ2v) is 4.64. The molecule has 0 bridgehead atoms. The van der Waals surface area contributed by atoms with Crippen molar-refractivity contribution < 1.29 is 22.3 Å². The molecular weight excluding hydrogens is 240 g/mol. The van der Waals surface area contributed by atoms with Crippen molar-refractivity contribution in [1.29, 1.82) is 0 Å². The molecule has 0 aliphatic rings. The van der Waals surface area contributed by atoms with E-state index >= 15 is 0 Å². The first-order chi connectivity index (χ1) is 7.02. The molecule has 0 aromatic heterocycles. The number of rotatable bonds is 6. The Bertz CT molecular complexity index is 295. The summed E-state index contributed by atoms with van der Waals surface area (Å²) in [5.41, 5.74) is 0. The minimum Gasteiger partial charge on any atom is -0.377 e. The minimum atomic E-state index is -2.18. The van der Waals surface area contributed by atoms with Gasteiger partial charge >= 0.3 is 0 Å². The summed E-state index contributed by atoms with van der Waals surface area (Å²) in [6.07, 6.45) is 9.90. The summed E-state index contributed by atoms with van der Waals surface area (Å²) < 4.78 is 43.3. The monoisotopic (exact) mass is 250 g/mol. The van der Waals surface area contributed by atoms with Crippen LogP contribution in [0.1, 0.15) is 0 Å². The molecule has 0 saturated heterocycles. The summed E-state index contributed by atoms with van der Waals surface area (Å²) in [5.74, 6) is 4.11. The molecular formula is C8H10O5S2. The maximum atomic E-state index is 10.5. The van der Waals surface area contributed by atoms with Gasteiger partial charge in [-0.15, -0.1) is 12.8 Å². The van der Waals surface area contributed by atoms with E-state index in [1.165, 1.54) is 0 Å². The van der Waals surface area contributed by atoms with Gasteiger partial charge in [0.15, 0.2) is 22.2 Å². The molecule has 84 valence electrons. The lowest BCUT2D eigenvalue weighted by molar-refractivity contribution is 0.148. The number of ether oxygens (including phenoxy) is 1. The molecule has 0 heterocycles. The molecule has 0 aliphatic carbocycles. The van der Waals surface area contributed by atoms with Gasteiger partial charge in [0.05, 0.1) is 13.2 Å². The summed E-state index contributed by atoms with van der Waals surface area (Å²) in [5, 5.41) is -1.92. The molecule has 0 saturated carbocycles. The fourth-order valence-corrected chi connectivity index (χ4v) is 1.27. The van der Waals surface area contributed by atoms with Crippen LogP contribution in [0.25, 0.3) is 0 Å². The summed E-state index contributed by atoms with van der Waals surface area (Å²) in [6, 6.07) is 0. The zero-order chi connectivity index (χ0) is 11.8. The van der Waals surface area contributed by atoms with Crippen LogP contribution in [0.5, 0.6) is 0 Å². The van der Waals surface area contributed by atoms with Gasteiger partial charge in [-0.2, -0.15) is 0 Å². The number of hydrogen-bond donors (Lipinski definition) is 2. The third kappa shape index (κ3) is 5.67. The van der Waals surface area contributed by atoms with Crippen LogP contribution in [0, 0.1) is 24.7 Å². The van der Waals surface area contributed by atoms with Crippen LogP contribution in [-0.2, 0) is 26.9 Å². The minimum absolute atomic E-state index is 0.186. The fraction of sp³-hybridized carbons (Fsp3) is 0.500. The zero-order valence-electron chi connectivity index (χ0n) is 7.66. The largest absolute Gasteiger partial charge is 0.377 e. The fourth-order valence-electron chi connectivity index (χ4n) is 0.611. The van der Waals surface area contributed by atoms with Crippen LogP contribution in [0.2, 0.25) is 0 Å². The van der Waals surface area contributed by atoms with E-state index in [1.807, 2.05) is 0 Å². The van der Waals surface area contributed by atoms with Crippen LogP contribution < -0.4 is 0 Å². The van der Waals surface area contributed by atoms with E-state index in [-0.39, 0.29) is 13.2 Å². The molecule has 0 spiro atoms. The molecule has 0 radical (unpaired) electrons. The first kappa shape index (κ1) is 14.3. The average molecular weight is 250 g/mol. The van der Waals surface area contributed by atoms with Gasteiger partial charge < -0.3 is 13.8 Å². The highest BCUT2D eigenvalue weighted by molar-refractivity contribution is 7.80. The molecule has 4 unspecified atom stereocenters. The molecule has 0 aromatic rings. The molecule has 0 rings (SSSR count). The highest BCUT2D eigenvalue weighted by Gasteiger charge is 2.15. The Morgan fingerprint density at radius 3 is 1.60 bits per heavy atom. The molecule has 0 fully saturated rings. The Kier molecular flexibility index (Phi) is 7.22. The second kappa shape index (κ2) is 7.57. The Morgan fingerprint density at radius 1 is 1.07 bits per heavy atom. The van der Waals surface area contributed by atoms with E-state index < -0.39 is 32.7 Å². The van der Waals surface area contributed by atoms with E-state index in [0.717, 1.165) is 0 Å². The normalized spacial score (nSPS) is 18.1. The maximum Gasteiger partial charge on any atom is 0.170 e. The maximum absolute atomic E-state index is 10.5. The molecule has 15 heavy (non-hydrogen) atoms. The second-order valence-electron chi connectivity index (χ2n) is 2.40. The topological polar surface area (TPSA) is 83.8 Å². The smallest absolute Gasteiger partial charge is 0.170 e. The summed E-state index contributed by atoms with van der Waals surface area (Å²) >= 11 is -4.36. The van der Waals surface area contributed by atoms with Crippen molar-refractivity contribution in [2.45, 2.75) is 10.5 Å². The molecule has 0 aromatic carbocycles. The quantitative estimate of drug-likeness (QED) is 0.488. The predicted molar refractivity (Wildman–Crippen MR) is 57.6 cm³/mol. The SMILES string of the molecule is C#CC(COCC(C#C)S(=O)O)S(=O)O. The number of hydrogen-bond acceptors (Lipinski definition) is 3. The molecule has 0 aliphatic heterocycles. The lowest BCUT2D eigenvalue weighted by Crippen LogP contribution is -2.25. The predicted octanol–water partition coefficient (Wildman–Crippen LogP) is -0.550. The summed E-state index contributed by atoms with van der Waals surface area (Å²) in [4.78, 5) is 0. The highest BCUT2D eigenvalue weighted by atomic mass is 32.2. The van der Waals surface area contributed by atoms with Crippen molar-refractivity contribution in [3.05, 3.63) is 0 Å². The van der Waals surface area contributed by atoms with Gasteiger partial charge in [0.2, 0.25) is 0 Å². The summed E-state index contributed by atoms with van der Waals surface area (Å²) in [7, 11) is 0. The lowest BCUT2D eigenvalue weighted by Gasteiger charge is -2.09. The van der Waals surface area contributed by atoms with Gasteiger partial charge in [0, 0.05) is 0 Å². The zero-order valence-corrected chi connectivity index (χ0v) is 9.29. The number of terminal acetylenes is 2. The standard InChI is InChI=1S/C8H10O5S2/c1-3-7(14(9)10)5-13-6-8(4-2)15(11)12/h1-2,7-8H,5-6H2,(H,9,10)(H,11,12). The third-order valence-electron chi connectivity index (χ3n) is 1.40. The van der Waals surface area contributed by atoms with Crippen LogP contribution in [0.3, 0.4) is 0 Å². The van der Waals surface area contributed by atoms with E-state index in [2.05, 4.69) is 11.8 Å². The first-order valence-corrected chi connectivity index (χ1v) is 6.06. The van der Waals surface area contributed by atoms with Crippen molar-refractivity contribution in [2.75, 3.05) is 13.2 Å². The third-order valence-corrected chi connectivity index (χ3v) is 2.91. The van der Waals surface area contributed by atoms with Gasteiger partial charge in [-0.1, -0.05) is 11.8 Å². The Balaban J connectivity index is 3.99. The lowest BCUT2D eigenvalue weighted by atomic mass is 10.4. The van der Waals surface area contributed by atoms with Gasteiger partial charge in [-0.25, -0.2) is 8.42 Å². The van der Waals surface area contributed by atoms with Crippen LogP contribution in [0.15, 0.2) is 0 Å². The summed E-state index contributed by atoms with van der Waals surface area (Å²) in [6.45, 7) is -0.371. The van der Waals surface area contributed by atoms with Crippen molar-refractivity contribution in [3.63, 3.8) is 0 Å². The Hall–Kier alpha value is -0.700. The van der Waals surface area contributed by atoms with E-state index in [4.69, 9.17) is 26.7 Å². The Morgan fingerprint density at radius 2 is 1.40 bits per heavy atom. The van der Waals surface area contributed by atoms with Crippen molar-refractivity contribution in [1.82, 2.24) is 0 Å². The van der Waals surface area contributed by atoms with E-state index in [1.54, 1.807) is 0 Å². The van der Waals surface area contributed by atoms with E-state index in [0.29, 0.717) is 0 Å². The highest BCUT2D eigenvalue weighted by Crippen LogP contribution is 1.97. The van der Waals surface area contributed by atoms with E-state index in [9.17, 15) is 8.42 Å². The van der Waals surface area contributed by atoms with Crippen molar-refractivity contribution >= 4 is 22.2 Å². The average Bonchev–Trinajstić information content (AvgIpc) is 2.17. The van der Waals surface area contributed by atoms with Crippen molar-refractivity contribution in [3.8, 4) is 24.7 Å². The van der Waals surface area contributed by atoms with Crippen LogP contribution >= 0.6 is 0 Å². The first-order valence-electron chi connectivity index (χ1n) is 3.72. The van der Waals surface area contributed by atoms with Gasteiger partial charge in [0.25, 0.3) is 0 Å². The van der Waals surface area contributed by atoms with Gasteiger partial charge in [-0.3, -0.25) is 0 Å². The molecule has 2 N–H and O–H groups in total. The van der Waals surface area contributed by atoms with Gasteiger partial charge in [-0.05, 0) is 0 Å². The Labute approximate surface area is 93.2 Å².